The van der Waals surface area contributed by atoms with Crippen molar-refractivity contribution in [3.05, 3.63) is 11.9 Å². The van der Waals surface area contributed by atoms with Crippen molar-refractivity contribution in [2.45, 2.75) is 19.8 Å². The Labute approximate surface area is 95.2 Å². The molecule has 2 rings (SSSR count). The first-order valence-electron chi connectivity index (χ1n) is 5.74. The highest BCUT2D eigenvalue weighted by Crippen LogP contribution is 2.16. The van der Waals surface area contributed by atoms with E-state index in [2.05, 4.69) is 15.7 Å². The van der Waals surface area contributed by atoms with Crippen molar-refractivity contribution in [3.63, 3.8) is 0 Å². The lowest BCUT2D eigenvalue weighted by Gasteiger charge is -2.08. The van der Waals surface area contributed by atoms with Crippen molar-refractivity contribution in [2.24, 2.45) is 13.0 Å². The quantitative estimate of drug-likeness (QED) is 0.784. The third-order valence-corrected chi connectivity index (χ3v) is 2.93. The number of carbonyl (C=O) groups excluding carboxylic acids is 1. The van der Waals surface area contributed by atoms with Crippen LogP contribution in [0.1, 0.15) is 19.0 Å². The molecule has 0 saturated carbocycles. The standard InChI is InChI=1S/C11H18N4O/c1-3-9-10(7-15(2)14-9)13-11(16)8-4-5-12-6-8/h7-8,12H,3-6H2,1-2H3,(H,13,16). The molecule has 5 nitrogen and oxygen atoms in total. The normalized spacial score (nSPS) is 20.0. The van der Waals surface area contributed by atoms with Crippen molar-refractivity contribution in [1.29, 1.82) is 0 Å². The molecule has 0 radical (unpaired) electrons. The summed E-state index contributed by atoms with van der Waals surface area (Å²) in [6, 6.07) is 0. The summed E-state index contributed by atoms with van der Waals surface area (Å²) >= 11 is 0. The van der Waals surface area contributed by atoms with Gasteiger partial charge in [0.25, 0.3) is 0 Å². The second kappa shape index (κ2) is 4.65. The minimum Gasteiger partial charge on any atom is -0.323 e. The molecule has 0 aliphatic carbocycles. The SMILES string of the molecule is CCc1nn(C)cc1NC(=O)C1CCNC1. The number of carbonyl (C=O) groups is 1. The summed E-state index contributed by atoms with van der Waals surface area (Å²) in [7, 11) is 1.87. The Morgan fingerprint density at radius 3 is 3.19 bits per heavy atom. The van der Waals surface area contributed by atoms with E-state index in [0.717, 1.165) is 37.3 Å². The van der Waals surface area contributed by atoms with Gasteiger partial charge in [0.2, 0.25) is 5.91 Å². The van der Waals surface area contributed by atoms with Crippen LogP contribution in [0.5, 0.6) is 0 Å². The maximum Gasteiger partial charge on any atom is 0.228 e. The van der Waals surface area contributed by atoms with Crippen molar-refractivity contribution in [1.82, 2.24) is 15.1 Å². The topological polar surface area (TPSA) is 59.0 Å². The molecule has 1 aromatic heterocycles. The fourth-order valence-electron chi connectivity index (χ4n) is 2.01. The summed E-state index contributed by atoms with van der Waals surface area (Å²) in [5, 5.41) is 10.4. The van der Waals surface area contributed by atoms with E-state index in [-0.39, 0.29) is 11.8 Å². The smallest absolute Gasteiger partial charge is 0.228 e. The van der Waals surface area contributed by atoms with E-state index in [9.17, 15) is 4.79 Å². The van der Waals surface area contributed by atoms with E-state index in [1.54, 1.807) is 4.68 Å². The Morgan fingerprint density at radius 2 is 2.56 bits per heavy atom. The minimum absolute atomic E-state index is 0.102. The Balaban J connectivity index is 2.04. The van der Waals surface area contributed by atoms with Crippen LogP contribution in [-0.4, -0.2) is 28.8 Å². The van der Waals surface area contributed by atoms with Gasteiger partial charge in [-0.15, -0.1) is 0 Å². The third-order valence-electron chi connectivity index (χ3n) is 2.93. The lowest BCUT2D eigenvalue weighted by atomic mass is 10.1. The van der Waals surface area contributed by atoms with Crippen LogP contribution in [0.4, 0.5) is 5.69 Å². The number of amides is 1. The number of anilines is 1. The molecule has 5 heteroatoms. The fraction of sp³-hybridized carbons (Fsp3) is 0.636. The maximum absolute atomic E-state index is 11.9. The Bertz CT molecular complexity index is 379. The van der Waals surface area contributed by atoms with Crippen molar-refractivity contribution in [2.75, 3.05) is 18.4 Å². The molecule has 1 amide bonds. The molecule has 1 atom stereocenters. The lowest BCUT2D eigenvalue weighted by molar-refractivity contribution is -0.119. The molecule has 1 fully saturated rings. The first kappa shape index (κ1) is 11.1. The van der Waals surface area contributed by atoms with E-state index >= 15 is 0 Å². The molecule has 1 aliphatic heterocycles. The van der Waals surface area contributed by atoms with Crippen LogP contribution >= 0.6 is 0 Å². The summed E-state index contributed by atoms with van der Waals surface area (Å²) in [5.41, 5.74) is 1.80. The molecule has 16 heavy (non-hydrogen) atoms. The summed E-state index contributed by atoms with van der Waals surface area (Å²) in [5.74, 6) is 0.206. The van der Waals surface area contributed by atoms with Gasteiger partial charge in [-0.3, -0.25) is 9.48 Å². The number of aromatic nitrogens is 2. The fourth-order valence-corrected chi connectivity index (χ4v) is 2.01. The Kier molecular flexibility index (Phi) is 3.24. The zero-order valence-corrected chi connectivity index (χ0v) is 9.79. The summed E-state index contributed by atoms with van der Waals surface area (Å²) < 4.78 is 1.74. The molecule has 1 saturated heterocycles. The van der Waals surface area contributed by atoms with E-state index in [4.69, 9.17) is 0 Å². The Morgan fingerprint density at radius 1 is 1.75 bits per heavy atom. The largest absolute Gasteiger partial charge is 0.323 e. The molecule has 1 aromatic rings. The van der Waals surface area contributed by atoms with Gasteiger partial charge in [0.15, 0.2) is 0 Å². The van der Waals surface area contributed by atoms with Gasteiger partial charge in [0.05, 0.1) is 17.3 Å². The van der Waals surface area contributed by atoms with Crippen LogP contribution in [0.25, 0.3) is 0 Å². The highest BCUT2D eigenvalue weighted by atomic mass is 16.1. The minimum atomic E-state index is 0.102. The van der Waals surface area contributed by atoms with Gasteiger partial charge in [-0.1, -0.05) is 6.92 Å². The monoisotopic (exact) mass is 222 g/mol. The third kappa shape index (κ3) is 2.24. The van der Waals surface area contributed by atoms with Gasteiger partial charge in [0.1, 0.15) is 0 Å². The van der Waals surface area contributed by atoms with Crippen LogP contribution in [-0.2, 0) is 18.3 Å². The lowest BCUT2D eigenvalue weighted by Crippen LogP contribution is -2.24. The number of hydrogen-bond donors (Lipinski definition) is 2. The van der Waals surface area contributed by atoms with Crippen LogP contribution in [0, 0.1) is 5.92 Å². The van der Waals surface area contributed by atoms with Crippen molar-refractivity contribution in [3.8, 4) is 0 Å². The van der Waals surface area contributed by atoms with Gasteiger partial charge in [0, 0.05) is 19.8 Å². The van der Waals surface area contributed by atoms with Gasteiger partial charge in [-0.25, -0.2) is 0 Å². The van der Waals surface area contributed by atoms with Gasteiger partial charge >= 0.3 is 0 Å². The summed E-state index contributed by atoms with van der Waals surface area (Å²) in [6.45, 7) is 3.76. The first-order chi connectivity index (χ1) is 7.70. The molecule has 0 spiro atoms. The van der Waals surface area contributed by atoms with Gasteiger partial charge in [-0.05, 0) is 19.4 Å². The average Bonchev–Trinajstić information content (AvgIpc) is 2.87. The zero-order chi connectivity index (χ0) is 11.5. The number of nitrogens with one attached hydrogen (secondary N) is 2. The number of aryl methyl sites for hydroxylation is 2. The average molecular weight is 222 g/mol. The van der Waals surface area contributed by atoms with Gasteiger partial charge < -0.3 is 10.6 Å². The predicted octanol–water partition coefficient (Wildman–Crippen LogP) is 0.530. The number of hydrogen-bond acceptors (Lipinski definition) is 3. The van der Waals surface area contributed by atoms with E-state index in [1.165, 1.54) is 0 Å². The predicted molar refractivity (Wildman–Crippen MR) is 62.2 cm³/mol. The number of rotatable bonds is 3. The van der Waals surface area contributed by atoms with Crippen LogP contribution in [0.2, 0.25) is 0 Å². The zero-order valence-electron chi connectivity index (χ0n) is 9.79. The molecule has 2 N–H and O–H groups in total. The summed E-state index contributed by atoms with van der Waals surface area (Å²) in [4.78, 5) is 11.9. The highest BCUT2D eigenvalue weighted by molar-refractivity contribution is 5.93. The van der Waals surface area contributed by atoms with Crippen molar-refractivity contribution < 1.29 is 4.79 Å². The maximum atomic E-state index is 11.9. The molecule has 0 bridgehead atoms. The Hall–Kier alpha value is -1.36. The number of nitrogens with zero attached hydrogens (tertiary/aromatic N) is 2. The second-order valence-electron chi connectivity index (χ2n) is 4.20. The highest BCUT2D eigenvalue weighted by Gasteiger charge is 2.23. The molecule has 0 aromatic carbocycles. The van der Waals surface area contributed by atoms with E-state index < -0.39 is 0 Å². The first-order valence-corrected chi connectivity index (χ1v) is 5.74. The summed E-state index contributed by atoms with van der Waals surface area (Å²) in [6.07, 6.45) is 3.62. The van der Waals surface area contributed by atoms with Crippen LogP contribution < -0.4 is 10.6 Å². The molecule has 88 valence electrons. The molecule has 1 aliphatic rings. The second-order valence-corrected chi connectivity index (χ2v) is 4.20. The molecule has 1 unspecified atom stereocenters. The van der Waals surface area contributed by atoms with Crippen LogP contribution in [0.15, 0.2) is 6.20 Å². The van der Waals surface area contributed by atoms with Gasteiger partial charge in [-0.2, -0.15) is 5.10 Å². The molecular formula is C11H18N4O. The molecule has 2 heterocycles. The van der Waals surface area contributed by atoms with E-state index in [0.29, 0.717) is 0 Å². The van der Waals surface area contributed by atoms with Crippen molar-refractivity contribution >= 4 is 11.6 Å². The molecular weight excluding hydrogens is 204 g/mol. The van der Waals surface area contributed by atoms with E-state index in [1.807, 2.05) is 20.2 Å². The van der Waals surface area contributed by atoms with Crippen LogP contribution in [0.3, 0.4) is 0 Å².